The number of likely N-dealkylation sites (N-methyl/N-ethyl adjacent to an activating group) is 1. The van der Waals surface area contributed by atoms with Gasteiger partial charge in [-0.1, -0.05) is 12.1 Å². The van der Waals surface area contributed by atoms with Gasteiger partial charge < -0.3 is 25.3 Å². The molecular formula is C22H39IN6O. The van der Waals surface area contributed by atoms with Gasteiger partial charge in [-0.05, 0) is 57.6 Å². The Hall–Kier alpha value is -1.39. The Kier molecular flexibility index (Phi) is 13.0. The number of aliphatic imine (C=N–C) groups is 1. The van der Waals surface area contributed by atoms with Gasteiger partial charge in [-0.15, -0.1) is 24.0 Å². The molecule has 1 fully saturated rings. The Morgan fingerprint density at radius 1 is 1.17 bits per heavy atom. The molecule has 1 aliphatic rings. The lowest BCUT2D eigenvalue weighted by Crippen LogP contribution is -2.39. The van der Waals surface area contributed by atoms with Crippen LogP contribution in [0.15, 0.2) is 29.3 Å². The molecule has 1 aliphatic heterocycles. The van der Waals surface area contributed by atoms with Gasteiger partial charge in [0, 0.05) is 52.4 Å². The summed E-state index contributed by atoms with van der Waals surface area (Å²) < 4.78 is 0. The molecule has 1 amide bonds. The molecule has 0 unspecified atom stereocenters. The van der Waals surface area contributed by atoms with Gasteiger partial charge in [-0.3, -0.25) is 9.79 Å². The first-order chi connectivity index (χ1) is 14.0. The standard InChI is InChI=1S/C22H38N6O.HI/c1-5-23-22(25-12-15-28-14-7-13-27(4)16-17-28)24-11-10-19-8-6-9-20(18-19)21(29)26(2)3;/h6,8-9,18H,5,7,10-17H2,1-4H3,(H2,23,24,25);1H. The molecule has 0 atom stereocenters. The molecule has 1 aromatic carbocycles. The number of hydrogen-bond acceptors (Lipinski definition) is 4. The molecule has 7 nitrogen and oxygen atoms in total. The fourth-order valence-electron chi connectivity index (χ4n) is 3.41. The first-order valence-electron chi connectivity index (χ1n) is 10.7. The highest BCUT2D eigenvalue weighted by Crippen LogP contribution is 2.07. The third kappa shape index (κ3) is 9.61. The van der Waals surface area contributed by atoms with Crippen molar-refractivity contribution < 1.29 is 4.79 Å². The van der Waals surface area contributed by atoms with Crippen LogP contribution in [0.25, 0.3) is 0 Å². The number of halogens is 1. The predicted molar refractivity (Wildman–Crippen MR) is 136 cm³/mol. The summed E-state index contributed by atoms with van der Waals surface area (Å²) in [7, 11) is 5.75. The average Bonchev–Trinajstić information content (AvgIpc) is 2.91. The quantitative estimate of drug-likeness (QED) is 0.305. The molecule has 170 valence electrons. The summed E-state index contributed by atoms with van der Waals surface area (Å²) in [6, 6.07) is 7.86. The second-order valence-corrected chi connectivity index (χ2v) is 7.84. The zero-order valence-electron chi connectivity index (χ0n) is 19.0. The van der Waals surface area contributed by atoms with Crippen LogP contribution in [0.2, 0.25) is 0 Å². The van der Waals surface area contributed by atoms with Crippen molar-refractivity contribution in [1.82, 2.24) is 25.3 Å². The van der Waals surface area contributed by atoms with Crippen molar-refractivity contribution in [3.63, 3.8) is 0 Å². The lowest BCUT2D eigenvalue weighted by Gasteiger charge is -2.19. The highest BCUT2D eigenvalue weighted by atomic mass is 127. The number of guanidine groups is 1. The van der Waals surface area contributed by atoms with Crippen molar-refractivity contribution in [1.29, 1.82) is 0 Å². The number of amides is 1. The second kappa shape index (κ2) is 14.6. The first kappa shape index (κ1) is 26.6. The maximum absolute atomic E-state index is 12.1. The van der Waals surface area contributed by atoms with E-state index in [0.29, 0.717) is 0 Å². The van der Waals surface area contributed by atoms with Crippen LogP contribution in [0.4, 0.5) is 0 Å². The molecule has 0 aliphatic carbocycles. The summed E-state index contributed by atoms with van der Waals surface area (Å²) in [5.41, 5.74) is 1.88. The van der Waals surface area contributed by atoms with Gasteiger partial charge >= 0.3 is 0 Å². The fraction of sp³-hybridized carbons (Fsp3) is 0.636. The van der Waals surface area contributed by atoms with Gasteiger partial charge in [0.1, 0.15) is 0 Å². The molecule has 1 heterocycles. The highest BCUT2D eigenvalue weighted by molar-refractivity contribution is 14.0. The summed E-state index contributed by atoms with van der Waals surface area (Å²) >= 11 is 0. The van der Waals surface area contributed by atoms with Crippen LogP contribution < -0.4 is 10.6 Å². The third-order valence-corrected chi connectivity index (χ3v) is 5.13. The van der Waals surface area contributed by atoms with Crippen LogP contribution in [0.3, 0.4) is 0 Å². The number of nitrogens with zero attached hydrogens (tertiary/aromatic N) is 4. The Labute approximate surface area is 199 Å². The first-order valence-corrected chi connectivity index (χ1v) is 10.7. The normalized spacial score (nSPS) is 15.8. The number of carbonyl (C=O) groups excluding carboxylic acids is 1. The molecule has 30 heavy (non-hydrogen) atoms. The van der Waals surface area contributed by atoms with Crippen LogP contribution in [-0.4, -0.2) is 100 Å². The summed E-state index contributed by atoms with van der Waals surface area (Å²) in [6.45, 7) is 10.1. The molecule has 8 heteroatoms. The molecule has 1 saturated heterocycles. The number of nitrogens with one attached hydrogen (secondary N) is 2. The maximum atomic E-state index is 12.1. The van der Waals surface area contributed by atoms with E-state index >= 15 is 0 Å². The van der Waals surface area contributed by atoms with E-state index in [1.54, 1.807) is 19.0 Å². The van der Waals surface area contributed by atoms with Crippen LogP contribution in [0, 0.1) is 0 Å². The highest BCUT2D eigenvalue weighted by Gasteiger charge is 2.11. The van der Waals surface area contributed by atoms with Crippen LogP contribution in [0.5, 0.6) is 0 Å². The van der Waals surface area contributed by atoms with E-state index < -0.39 is 0 Å². The van der Waals surface area contributed by atoms with Crippen molar-refractivity contribution in [2.45, 2.75) is 19.8 Å². The Balaban J connectivity index is 0.00000450. The van der Waals surface area contributed by atoms with Crippen LogP contribution in [0.1, 0.15) is 29.3 Å². The zero-order chi connectivity index (χ0) is 21.1. The van der Waals surface area contributed by atoms with E-state index in [0.717, 1.165) is 69.3 Å². The van der Waals surface area contributed by atoms with E-state index in [-0.39, 0.29) is 29.9 Å². The molecule has 2 rings (SSSR count). The van der Waals surface area contributed by atoms with Gasteiger partial charge in [0.25, 0.3) is 5.91 Å². The Morgan fingerprint density at radius 2 is 1.97 bits per heavy atom. The van der Waals surface area contributed by atoms with E-state index in [1.807, 2.05) is 18.2 Å². The second-order valence-electron chi connectivity index (χ2n) is 7.84. The average molecular weight is 530 g/mol. The van der Waals surface area contributed by atoms with E-state index in [9.17, 15) is 4.79 Å². The molecule has 0 spiro atoms. The molecule has 1 aromatic rings. The minimum absolute atomic E-state index is 0. The number of hydrogen-bond donors (Lipinski definition) is 2. The third-order valence-electron chi connectivity index (χ3n) is 5.13. The zero-order valence-corrected chi connectivity index (χ0v) is 21.3. The Bertz CT molecular complexity index is 667. The van der Waals surface area contributed by atoms with Crippen molar-refractivity contribution in [2.75, 3.05) is 73.5 Å². The molecule has 0 bridgehead atoms. The van der Waals surface area contributed by atoms with E-state index in [1.165, 1.54) is 13.0 Å². The smallest absolute Gasteiger partial charge is 0.253 e. The molecule has 0 aromatic heterocycles. The van der Waals surface area contributed by atoms with Crippen molar-refractivity contribution in [2.24, 2.45) is 4.99 Å². The van der Waals surface area contributed by atoms with Gasteiger partial charge in [0.15, 0.2) is 5.96 Å². The molecular weight excluding hydrogens is 491 g/mol. The van der Waals surface area contributed by atoms with Gasteiger partial charge in [0.2, 0.25) is 0 Å². The topological polar surface area (TPSA) is 63.2 Å². The SMILES string of the molecule is CCNC(=NCCN1CCCN(C)CC1)NCCc1cccc(C(=O)N(C)C)c1.I. The molecule has 2 N–H and O–H groups in total. The number of rotatable bonds is 8. The number of carbonyl (C=O) groups is 1. The number of benzene rings is 1. The summed E-state index contributed by atoms with van der Waals surface area (Å²) in [4.78, 5) is 23.4. The summed E-state index contributed by atoms with van der Waals surface area (Å²) in [6.07, 6.45) is 2.07. The lowest BCUT2D eigenvalue weighted by atomic mass is 10.1. The molecule has 0 radical (unpaired) electrons. The predicted octanol–water partition coefficient (Wildman–Crippen LogP) is 1.74. The molecule has 0 saturated carbocycles. The largest absolute Gasteiger partial charge is 0.357 e. The summed E-state index contributed by atoms with van der Waals surface area (Å²) in [5.74, 6) is 0.898. The van der Waals surface area contributed by atoms with Crippen LogP contribution >= 0.6 is 24.0 Å². The fourth-order valence-corrected chi connectivity index (χ4v) is 3.41. The summed E-state index contributed by atoms with van der Waals surface area (Å²) in [5, 5.41) is 6.74. The van der Waals surface area contributed by atoms with Crippen molar-refractivity contribution in [3.8, 4) is 0 Å². The maximum Gasteiger partial charge on any atom is 0.253 e. The minimum Gasteiger partial charge on any atom is -0.357 e. The monoisotopic (exact) mass is 530 g/mol. The van der Waals surface area contributed by atoms with Crippen molar-refractivity contribution >= 4 is 35.8 Å². The van der Waals surface area contributed by atoms with Crippen LogP contribution in [-0.2, 0) is 6.42 Å². The van der Waals surface area contributed by atoms with Gasteiger partial charge in [0.05, 0.1) is 6.54 Å². The minimum atomic E-state index is 0. The van der Waals surface area contributed by atoms with E-state index in [2.05, 4.69) is 40.5 Å². The van der Waals surface area contributed by atoms with Crippen molar-refractivity contribution in [3.05, 3.63) is 35.4 Å². The van der Waals surface area contributed by atoms with Gasteiger partial charge in [-0.2, -0.15) is 0 Å². The van der Waals surface area contributed by atoms with Gasteiger partial charge in [-0.25, -0.2) is 0 Å². The lowest BCUT2D eigenvalue weighted by molar-refractivity contribution is 0.0827. The Morgan fingerprint density at radius 3 is 2.70 bits per heavy atom. The van der Waals surface area contributed by atoms with E-state index in [4.69, 9.17) is 4.99 Å².